The third-order valence-corrected chi connectivity index (χ3v) is 2.90. The first-order valence-corrected chi connectivity index (χ1v) is 6.14. The van der Waals surface area contributed by atoms with Crippen LogP contribution < -0.4 is 5.32 Å². The van der Waals surface area contributed by atoms with Crippen molar-refractivity contribution >= 4 is 0 Å². The normalized spacial score (nSPS) is 13.0. The van der Waals surface area contributed by atoms with Gasteiger partial charge in [-0.25, -0.2) is 0 Å². The number of hydrogen-bond acceptors (Lipinski definition) is 3. The number of aromatic nitrogens is 1. The minimum absolute atomic E-state index is 0.330. The lowest BCUT2D eigenvalue weighted by Crippen LogP contribution is -2.33. The highest BCUT2D eigenvalue weighted by Crippen LogP contribution is 2.06. The number of nitrogens with zero attached hydrogens (tertiary/aromatic N) is 2. The van der Waals surface area contributed by atoms with E-state index in [0.29, 0.717) is 6.04 Å². The average molecular weight is 221 g/mol. The van der Waals surface area contributed by atoms with Crippen molar-refractivity contribution in [3.8, 4) is 0 Å². The maximum Gasteiger partial charge on any atom is 0.0570 e. The van der Waals surface area contributed by atoms with Gasteiger partial charge >= 0.3 is 0 Å². The van der Waals surface area contributed by atoms with E-state index in [1.165, 1.54) is 0 Å². The van der Waals surface area contributed by atoms with Crippen molar-refractivity contribution in [3.05, 3.63) is 30.1 Å². The van der Waals surface area contributed by atoms with Gasteiger partial charge < -0.3 is 10.2 Å². The van der Waals surface area contributed by atoms with Crippen molar-refractivity contribution in [2.75, 3.05) is 26.2 Å². The molecule has 1 aromatic heterocycles. The summed E-state index contributed by atoms with van der Waals surface area (Å²) in [6.45, 7) is 10.9. The molecule has 0 saturated carbocycles. The first-order chi connectivity index (χ1) is 7.77. The quantitative estimate of drug-likeness (QED) is 0.764. The Morgan fingerprint density at radius 3 is 2.62 bits per heavy atom. The Labute approximate surface area is 98.9 Å². The van der Waals surface area contributed by atoms with Crippen LogP contribution in [0.4, 0.5) is 0 Å². The van der Waals surface area contributed by atoms with E-state index in [1.807, 2.05) is 18.3 Å². The average Bonchev–Trinajstić information content (AvgIpc) is 2.35. The van der Waals surface area contributed by atoms with Gasteiger partial charge in [0.2, 0.25) is 0 Å². The van der Waals surface area contributed by atoms with Crippen LogP contribution in [0.15, 0.2) is 24.4 Å². The molecular weight excluding hydrogens is 198 g/mol. The molecule has 0 amide bonds. The van der Waals surface area contributed by atoms with Gasteiger partial charge in [-0.15, -0.1) is 0 Å². The Kier molecular flexibility index (Phi) is 6.04. The summed E-state index contributed by atoms with van der Waals surface area (Å²) >= 11 is 0. The van der Waals surface area contributed by atoms with Crippen molar-refractivity contribution in [1.29, 1.82) is 0 Å². The van der Waals surface area contributed by atoms with Crippen molar-refractivity contribution in [3.63, 3.8) is 0 Å². The third kappa shape index (κ3) is 4.29. The van der Waals surface area contributed by atoms with E-state index < -0.39 is 0 Å². The monoisotopic (exact) mass is 221 g/mol. The molecule has 0 aliphatic rings. The first-order valence-electron chi connectivity index (χ1n) is 6.14. The van der Waals surface area contributed by atoms with Gasteiger partial charge in [0, 0.05) is 25.3 Å². The lowest BCUT2D eigenvalue weighted by Gasteiger charge is -2.20. The third-order valence-electron chi connectivity index (χ3n) is 2.90. The Morgan fingerprint density at radius 1 is 1.31 bits per heavy atom. The zero-order valence-corrected chi connectivity index (χ0v) is 10.6. The van der Waals surface area contributed by atoms with E-state index in [1.54, 1.807) is 0 Å². The highest BCUT2D eigenvalue weighted by Gasteiger charge is 2.05. The number of likely N-dealkylation sites (N-methyl/N-ethyl adjacent to an activating group) is 1. The molecule has 0 spiro atoms. The van der Waals surface area contributed by atoms with Crippen molar-refractivity contribution in [2.45, 2.75) is 26.8 Å². The summed E-state index contributed by atoms with van der Waals surface area (Å²) in [5, 5.41) is 3.49. The summed E-state index contributed by atoms with van der Waals surface area (Å²) < 4.78 is 0. The summed E-state index contributed by atoms with van der Waals surface area (Å²) in [7, 11) is 0. The molecule has 16 heavy (non-hydrogen) atoms. The molecule has 0 saturated heterocycles. The molecule has 1 N–H and O–H groups in total. The van der Waals surface area contributed by atoms with Crippen LogP contribution >= 0.6 is 0 Å². The predicted octanol–water partition coefficient (Wildman–Crippen LogP) is 2.07. The molecule has 1 atom stereocenters. The molecule has 3 nitrogen and oxygen atoms in total. The largest absolute Gasteiger partial charge is 0.308 e. The van der Waals surface area contributed by atoms with Gasteiger partial charge in [0.15, 0.2) is 0 Å². The van der Waals surface area contributed by atoms with Crippen LogP contribution in [0, 0.1) is 0 Å². The molecule has 90 valence electrons. The number of hydrogen-bond donors (Lipinski definition) is 1. The fourth-order valence-corrected chi connectivity index (χ4v) is 1.72. The van der Waals surface area contributed by atoms with E-state index >= 15 is 0 Å². The SMILES string of the molecule is CCN(CC)CCN[C@H](C)c1ccccn1. The molecule has 0 aliphatic heterocycles. The van der Waals surface area contributed by atoms with E-state index in [9.17, 15) is 0 Å². The van der Waals surface area contributed by atoms with Gasteiger partial charge in [-0.3, -0.25) is 4.98 Å². The summed E-state index contributed by atoms with van der Waals surface area (Å²) in [6, 6.07) is 6.38. The van der Waals surface area contributed by atoms with E-state index in [0.717, 1.165) is 31.9 Å². The van der Waals surface area contributed by atoms with Crippen molar-refractivity contribution in [2.24, 2.45) is 0 Å². The van der Waals surface area contributed by atoms with Crippen LogP contribution in [0.5, 0.6) is 0 Å². The van der Waals surface area contributed by atoms with Gasteiger partial charge in [0.05, 0.1) is 5.69 Å². The van der Waals surface area contributed by atoms with Crippen LogP contribution in [0.25, 0.3) is 0 Å². The lowest BCUT2D eigenvalue weighted by molar-refractivity contribution is 0.297. The molecule has 0 aliphatic carbocycles. The Morgan fingerprint density at radius 2 is 2.06 bits per heavy atom. The fourth-order valence-electron chi connectivity index (χ4n) is 1.72. The smallest absolute Gasteiger partial charge is 0.0570 e. The van der Waals surface area contributed by atoms with E-state index in [-0.39, 0.29) is 0 Å². The van der Waals surface area contributed by atoms with Gasteiger partial charge in [0.25, 0.3) is 0 Å². The fraction of sp³-hybridized carbons (Fsp3) is 0.615. The van der Waals surface area contributed by atoms with Gasteiger partial charge in [-0.2, -0.15) is 0 Å². The minimum atomic E-state index is 0.330. The van der Waals surface area contributed by atoms with Gasteiger partial charge in [-0.05, 0) is 32.1 Å². The van der Waals surface area contributed by atoms with Crippen LogP contribution in [-0.2, 0) is 0 Å². The van der Waals surface area contributed by atoms with E-state index in [2.05, 4.69) is 42.0 Å². The van der Waals surface area contributed by atoms with Crippen LogP contribution in [0.3, 0.4) is 0 Å². The van der Waals surface area contributed by atoms with Crippen LogP contribution in [-0.4, -0.2) is 36.1 Å². The molecule has 1 heterocycles. The molecule has 0 fully saturated rings. The second-order valence-electron chi connectivity index (χ2n) is 3.96. The van der Waals surface area contributed by atoms with Gasteiger partial charge in [-0.1, -0.05) is 19.9 Å². The Balaban J connectivity index is 2.28. The van der Waals surface area contributed by atoms with E-state index in [4.69, 9.17) is 0 Å². The first kappa shape index (κ1) is 13.1. The Hall–Kier alpha value is -0.930. The van der Waals surface area contributed by atoms with Gasteiger partial charge in [0.1, 0.15) is 0 Å². The zero-order valence-electron chi connectivity index (χ0n) is 10.6. The predicted molar refractivity (Wildman–Crippen MR) is 68.4 cm³/mol. The number of pyridine rings is 1. The standard InChI is InChI=1S/C13H23N3/c1-4-16(5-2)11-10-14-12(3)13-8-6-7-9-15-13/h6-9,12,14H,4-5,10-11H2,1-3H3/t12-/m1/s1. The molecular formula is C13H23N3. The van der Waals surface area contributed by atoms with Crippen molar-refractivity contribution in [1.82, 2.24) is 15.2 Å². The molecule has 0 radical (unpaired) electrons. The lowest BCUT2D eigenvalue weighted by atomic mass is 10.2. The maximum absolute atomic E-state index is 4.34. The minimum Gasteiger partial charge on any atom is -0.308 e. The summed E-state index contributed by atoms with van der Waals surface area (Å²) in [5.74, 6) is 0. The second kappa shape index (κ2) is 7.36. The molecule has 0 aromatic carbocycles. The number of rotatable bonds is 7. The molecule has 1 aromatic rings. The van der Waals surface area contributed by atoms with Crippen LogP contribution in [0.2, 0.25) is 0 Å². The summed E-state index contributed by atoms with van der Waals surface area (Å²) in [5.41, 5.74) is 1.11. The van der Waals surface area contributed by atoms with Crippen molar-refractivity contribution < 1.29 is 0 Å². The molecule has 0 unspecified atom stereocenters. The highest BCUT2D eigenvalue weighted by molar-refractivity contribution is 5.07. The van der Waals surface area contributed by atoms with Crippen LogP contribution in [0.1, 0.15) is 32.5 Å². The topological polar surface area (TPSA) is 28.2 Å². The molecule has 1 rings (SSSR count). The maximum atomic E-state index is 4.34. The Bertz CT molecular complexity index is 270. The summed E-state index contributed by atoms with van der Waals surface area (Å²) in [6.07, 6.45) is 1.85. The zero-order chi connectivity index (χ0) is 11.8. The molecule has 0 bridgehead atoms. The summed E-state index contributed by atoms with van der Waals surface area (Å²) in [4.78, 5) is 6.76. The number of nitrogens with one attached hydrogen (secondary N) is 1. The second-order valence-corrected chi connectivity index (χ2v) is 3.96. The highest BCUT2D eigenvalue weighted by atomic mass is 15.1. The molecule has 3 heteroatoms.